The van der Waals surface area contributed by atoms with E-state index in [0.717, 1.165) is 11.0 Å². The molecule has 0 aliphatic carbocycles. The molecule has 2 aromatic carbocycles. The van der Waals surface area contributed by atoms with Gasteiger partial charge in [0, 0.05) is 4.47 Å². The second kappa shape index (κ2) is 6.55. The summed E-state index contributed by atoms with van der Waals surface area (Å²) in [7, 11) is 0. The zero-order valence-electron chi connectivity index (χ0n) is 12.6. The maximum absolute atomic E-state index is 3.63. The normalized spacial score (nSPS) is 12.4. The Balaban J connectivity index is 2.55. The third kappa shape index (κ3) is 3.31. The van der Waals surface area contributed by atoms with E-state index in [-0.39, 0.29) is 6.04 Å². The fourth-order valence-corrected chi connectivity index (χ4v) is 2.96. The third-order valence-corrected chi connectivity index (χ3v) is 4.20. The Bertz CT molecular complexity index is 553. The van der Waals surface area contributed by atoms with Crippen LogP contribution in [-0.4, -0.2) is 6.54 Å². The second-order valence-electron chi connectivity index (χ2n) is 5.35. The Labute approximate surface area is 130 Å². The highest BCUT2D eigenvalue weighted by Crippen LogP contribution is 2.30. The van der Waals surface area contributed by atoms with Gasteiger partial charge in [-0.25, -0.2) is 0 Å². The van der Waals surface area contributed by atoms with Crippen LogP contribution >= 0.6 is 15.9 Å². The Morgan fingerprint density at radius 1 is 0.950 bits per heavy atom. The molecule has 0 amide bonds. The zero-order chi connectivity index (χ0) is 14.7. The Morgan fingerprint density at radius 2 is 1.55 bits per heavy atom. The maximum Gasteiger partial charge on any atom is 0.0582 e. The van der Waals surface area contributed by atoms with Crippen LogP contribution in [0.1, 0.15) is 40.8 Å². The molecule has 0 bridgehead atoms. The average Bonchev–Trinajstić information content (AvgIpc) is 2.42. The fourth-order valence-electron chi connectivity index (χ4n) is 2.58. The summed E-state index contributed by atoms with van der Waals surface area (Å²) in [5.74, 6) is 0. The van der Waals surface area contributed by atoms with Gasteiger partial charge in [0.25, 0.3) is 0 Å². The van der Waals surface area contributed by atoms with E-state index in [1.807, 2.05) is 0 Å². The van der Waals surface area contributed by atoms with Crippen LogP contribution < -0.4 is 5.32 Å². The largest absolute Gasteiger partial charge is 0.307 e. The summed E-state index contributed by atoms with van der Waals surface area (Å²) in [6.07, 6.45) is 0. The molecule has 20 heavy (non-hydrogen) atoms. The Kier molecular flexibility index (Phi) is 5.00. The first kappa shape index (κ1) is 15.3. The molecule has 1 unspecified atom stereocenters. The summed E-state index contributed by atoms with van der Waals surface area (Å²) in [6, 6.07) is 13.4. The molecule has 2 heteroatoms. The van der Waals surface area contributed by atoms with Crippen molar-refractivity contribution in [3.05, 3.63) is 68.7 Å². The smallest absolute Gasteiger partial charge is 0.0582 e. The number of nitrogens with one attached hydrogen (secondary N) is 1. The lowest BCUT2D eigenvalue weighted by Gasteiger charge is -2.23. The summed E-state index contributed by atoms with van der Waals surface area (Å²) in [5.41, 5.74) is 6.67. The maximum atomic E-state index is 3.63. The van der Waals surface area contributed by atoms with Crippen molar-refractivity contribution >= 4 is 15.9 Å². The quantitative estimate of drug-likeness (QED) is 0.824. The minimum Gasteiger partial charge on any atom is -0.307 e. The lowest BCUT2D eigenvalue weighted by molar-refractivity contribution is 0.624. The first-order valence-electron chi connectivity index (χ1n) is 7.09. The lowest BCUT2D eigenvalue weighted by Crippen LogP contribution is -2.23. The number of aryl methyl sites for hydroxylation is 3. The van der Waals surface area contributed by atoms with Crippen LogP contribution in [0.2, 0.25) is 0 Å². The number of rotatable bonds is 4. The summed E-state index contributed by atoms with van der Waals surface area (Å²) in [6.45, 7) is 9.62. The molecule has 0 fully saturated rings. The topological polar surface area (TPSA) is 12.0 Å². The molecule has 0 aromatic heterocycles. The molecule has 1 N–H and O–H groups in total. The molecule has 2 rings (SSSR count). The molecule has 0 saturated carbocycles. The van der Waals surface area contributed by atoms with Gasteiger partial charge in [0.05, 0.1) is 6.04 Å². The molecule has 0 spiro atoms. The molecule has 1 atom stereocenters. The fraction of sp³-hybridized carbons (Fsp3) is 0.333. The van der Waals surface area contributed by atoms with Crippen molar-refractivity contribution in [2.45, 2.75) is 33.7 Å². The minimum atomic E-state index is 0.248. The molecule has 0 radical (unpaired) electrons. The number of hydrogen-bond acceptors (Lipinski definition) is 1. The van der Waals surface area contributed by atoms with Crippen LogP contribution in [0.4, 0.5) is 0 Å². The standard InChI is InChI=1S/C18H22BrN/c1-5-20-18(16-10-12(2)6-7-13(16)3)17-11-15(19)9-8-14(17)4/h6-11,18,20H,5H2,1-4H3. The summed E-state index contributed by atoms with van der Waals surface area (Å²) < 4.78 is 1.13. The SMILES string of the molecule is CCNC(c1cc(C)ccc1C)c1cc(Br)ccc1C. The van der Waals surface area contributed by atoms with Gasteiger partial charge in [-0.1, -0.05) is 52.7 Å². The molecule has 1 nitrogen and oxygen atoms in total. The van der Waals surface area contributed by atoms with Gasteiger partial charge < -0.3 is 5.32 Å². The van der Waals surface area contributed by atoms with Gasteiger partial charge in [-0.15, -0.1) is 0 Å². The molecule has 0 aliphatic rings. The van der Waals surface area contributed by atoms with E-state index >= 15 is 0 Å². The van der Waals surface area contributed by atoms with Crippen molar-refractivity contribution in [3.63, 3.8) is 0 Å². The number of benzene rings is 2. The van der Waals surface area contributed by atoms with Gasteiger partial charge >= 0.3 is 0 Å². The van der Waals surface area contributed by atoms with E-state index in [4.69, 9.17) is 0 Å². The van der Waals surface area contributed by atoms with E-state index in [0.29, 0.717) is 0 Å². The van der Waals surface area contributed by atoms with Crippen molar-refractivity contribution < 1.29 is 0 Å². The molecule has 0 heterocycles. The van der Waals surface area contributed by atoms with Crippen molar-refractivity contribution in [3.8, 4) is 0 Å². The van der Waals surface area contributed by atoms with Crippen LogP contribution in [0.25, 0.3) is 0 Å². The lowest BCUT2D eigenvalue weighted by atomic mass is 9.91. The highest BCUT2D eigenvalue weighted by molar-refractivity contribution is 9.10. The van der Waals surface area contributed by atoms with Gasteiger partial charge in [0.1, 0.15) is 0 Å². The van der Waals surface area contributed by atoms with Crippen molar-refractivity contribution in [1.29, 1.82) is 0 Å². The van der Waals surface area contributed by atoms with E-state index < -0.39 is 0 Å². The van der Waals surface area contributed by atoms with Gasteiger partial charge in [0.15, 0.2) is 0 Å². The summed E-state index contributed by atoms with van der Waals surface area (Å²) in [5, 5.41) is 3.63. The second-order valence-corrected chi connectivity index (χ2v) is 6.27. The van der Waals surface area contributed by atoms with E-state index in [1.54, 1.807) is 0 Å². The first-order valence-corrected chi connectivity index (χ1v) is 7.88. The summed E-state index contributed by atoms with van der Waals surface area (Å²) in [4.78, 5) is 0. The van der Waals surface area contributed by atoms with Gasteiger partial charge in [-0.3, -0.25) is 0 Å². The predicted octanol–water partition coefficient (Wildman–Crippen LogP) is 5.07. The van der Waals surface area contributed by atoms with Gasteiger partial charge in [-0.2, -0.15) is 0 Å². The van der Waals surface area contributed by atoms with Crippen molar-refractivity contribution in [2.75, 3.05) is 6.54 Å². The van der Waals surface area contributed by atoms with E-state index in [2.05, 4.69) is 85.3 Å². The molecule has 2 aromatic rings. The Morgan fingerprint density at radius 3 is 2.20 bits per heavy atom. The zero-order valence-corrected chi connectivity index (χ0v) is 14.2. The van der Waals surface area contributed by atoms with E-state index in [1.165, 1.54) is 27.8 Å². The number of halogens is 1. The highest BCUT2D eigenvalue weighted by Gasteiger charge is 2.17. The van der Waals surface area contributed by atoms with Crippen molar-refractivity contribution in [2.24, 2.45) is 0 Å². The highest BCUT2D eigenvalue weighted by atomic mass is 79.9. The average molecular weight is 332 g/mol. The van der Waals surface area contributed by atoms with Gasteiger partial charge in [0.2, 0.25) is 0 Å². The third-order valence-electron chi connectivity index (χ3n) is 3.71. The minimum absolute atomic E-state index is 0.248. The number of hydrogen-bond donors (Lipinski definition) is 1. The summed E-state index contributed by atoms with van der Waals surface area (Å²) >= 11 is 3.59. The van der Waals surface area contributed by atoms with Crippen LogP contribution in [0.15, 0.2) is 40.9 Å². The molecular weight excluding hydrogens is 310 g/mol. The van der Waals surface area contributed by atoms with Crippen LogP contribution in [0.5, 0.6) is 0 Å². The predicted molar refractivity (Wildman–Crippen MR) is 90.3 cm³/mol. The molecular formula is C18H22BrN. The van der Waals surface area contributed by atoms with E-state index in [9.17, 15) is 0 Å². The van der Waals surface area contributed by atoms with Crippen LogP contribution in [-0.2, 0) is 0 Å². The molecule has 106 valence electrons. The first-order chi connectivity index (χ1) is 9.52. The molecule has 0 saturated heterocycles. The molecule has 0 aliphatic heterocycles. The van der Waals surface area contributed by atoms with Crippen LogP contribution in [0, 0.1) is 20.8 Å². The van der Waals surface area contributed by atoms with Crippen LogP contribution in [0.3, 0.4) is 0 Å². The van der Waals surface area contributed by atoms with Crippen molar-refractivity contribution in [1.82, 2.24) is 5.32 Å². The van der Waals surface area contributed by atoms with Gasteiger partial charge in [-0.05, 0) is 61.7 Å². The monoisotopic (exact) mass is 331 g/mol. The Hall–Kier alpha value is -1.12.